The molecule has 36 heavy (non-hydrogen) atoms. The SMILES string of the molecule is CC(=O)N1CCN(C[C@@H]2C=C(C)[C@H](Cc3nnc(Cc4c[nH]c5ccccc45)o3)C[C@H]2C(C)C)CC1. The van der Waals surface area contributed by atoms with Crippen LogP contribution in [-0.2, 0) is 17.6 Å². The van der Waals surface area contributed by atoms with Crippen LogP contribution in [0, 0.1) is 23.7 Å². The van der Waals surface area contributed by atoms with Crippen molar-refractivity contribution in [3.63, 3.8) is 0 Å². The molecule has 3 aromatic rings. The number of para-hydroxylation sites is 1. The molecular formula is C29H39N5O2. The fourth-order valence-corrected chi connectivity index (χ4v) is 6.12. The third-order valence-corrected chi connectivity index (χ3v) is 8.32. The van der Waals surface area contributed by atoms with Gasteiger partial charge >= 0.3 is 0 Å². The number of nitrogens with one attached hydrogen (secondary N) is 1. The summed E-state index contributed by atoms with van der Waals surface area (Å²) in [5.74, 6) is 3.82. The molecule has 1 amide bonds. The van der Waals surface area contributed by atoms with Crippen LogP contribution < -0.4 is 0 Å². The number of H-pyrrole nitrogens is 1. The average molecular weight is 490 g/mol. The van der Waals surface area contributed by atoms with Crippen LogP contribution in [0.5, 0.6) is 0 Å². The van der Waals surface area contributed by atoms with E-state index in [0.717, 1.165) is 57.0 Å². The van der Waals surface area contributed by atoms with E-state index >= 15 is 0 Å². The van der Waals surface area contributed by atoms with Gasteiger partial charge in [0.15, 0.2) is 0 Å². The van der Waals surface area contributed by atoms with Crippen molar-refractivity contribution in [2.24, 2.45) is 23.7 Å². The Morgan fingerprint density at radius 1 is 1.14 bits per heavy atom. The molecule has 2 aliphatic rings. The Morgan fingerprint density at radius 3 is 2.64 bits per heavy atom. The highest BCUT2D eigenvalue weighted by Gasteiger charge is 2.34. The molecule has 1 aliphatic heterocycles. The lowest BCUT2D eigenvalue weighted by molar-refractivity contribution is -0.130. The standard InChI is InChI=1S/C29H39N5O2/c1-19(2)26-14-22(20(3)13-24(26)18-33-9-11-34(12-10-33)21(4)35)15-28-31-32-29(36-28)16-23-17-30-27-8-6-5-7-25(23)27/h5-8,13,17,19,22,24,26,30H,9-12,14-16,18H2,1-4H3/t22-,24-,26-/m0/s1. The summed E-state index contributed by atoms with van der Waals surface area (Å²) in [6.45, 7) is 13.4. The smallest absolute Gasteiger partial charge is 0.221 e. The molecule has 7 heteroatoms. The minimum atomic E-state index is 0.191. The zero-order valence-electron chi connectivity index (χ0n) is 22.0. The van der Waals surface area contributed by atoms with Crippen LogP contribution in [0.4, 0.5) is 0 Å². The second-order valence-corrected chi connectivity index (χ2v) is 11.1. The number of carbonyl (C=O) groups is 1. The summed E-state index contributed by atoms with van der Waals surface area (Å²) in [5.41, 5.74) is 3.75. The largest absolute Gasteiger partial charge is 0.425 e. The Balaban J connectivity index is 1.23. The van der Waals surface area contributed by atoms with Crippen LogP contribution in [-0.4, -0.2) is 63.6 Å². The molecule has 0 spiro atoms. The Kier molecular flexibility index (Phi) is 7.28. The van der Waals surface area contributed by atoms with Crippen LogP contribution in [0.25, 0.3) is 10.9 Å². The number of amides is 1. The number of carbonyl (C=O) groups excluding carboxylic acids is 1. The van der Waals surface area contributed by atoms with Crippen molar-refractivity contribution in [2.45, 2.75) is 47.0 Å². The molecular weight excluding hydrogens is 450 g/mol. The maximum Gasteiger partial charge on any atom is 0.221 e. The predicted molar refractivity (Wildman–Crippen MR) is 141 cm³/mol. The van der Waals surface area contributed by atoms with Crippen LogP contribution >= 0.6 is 0 Å². The molecule has 3 atom stereocenters. The number of hydrogen-bond acceptors (Lipinski definition) is 5. The fourth-order valence-electron chi connectivity index (χ4n) is 6.12. The first-order chi connectivity index (χ1) is 17.4. The minimum absolute atomic E-state index is 0.191. The van der Waals surface area contributed by atoms with Crippen molar-refractivity contribution in [3.8, 4) is 0 Å². The topological polar surface area (TPSA) is 78.3 Å². The van der Waals surface area contributed by atoms with Gasteiger partial charge in [0.05, 0.1) is 6.42 Å². The lowest BCUT2D eigenvalue weighted by Crippen LogP contribution is -2.50. The molecule has 192 valence electrons. The van der Waals surface area contributed by atoms with E-state index in [1.165, 1.54) is 16.5 Å². The summed E-state index contributed by atoms with van der Waals surface area (Å²) in [6, 6.07) is 8.31. The first-order valence-electron chi connectivity index (χ1n) is 13.4. The number of nitrogens with zero attached hydrogens (tertiary/aromatic N) is 4. The quantitative estimate of drug-likeness (QED) is 0.487. The van der Waals surface area contributed by atoms with Gasteiger partial charge in [0.1, 0.15) is 0 Å². The molecule has 0 radical (unpaired) electrons. The second kappa shape index (κ2) is 10.6. The molecule has 0 bridgehead atoms. The van der Waals surface area contributed by atoms with E-state index in [1.54, 1.807) is 6.92 Å². The number of rotatable bonds is 7. The molecule has 1 fully saturated rings. The first kappa shape index (κ1) is 24.8. The molecule has 0 saturated carbocycles. The van der Waals surface area contributed by atoms with Crippen molar-refractivity contribution in [1.29, 1.82) is 0 Å². The number of hydrogen-bond donors (Lipinski definition) is 1. The highest BCUT2D eigenvalue weighted by Crippen LogP contribution is 2.39. The Morgan fingerprint density at radius 2 is 1.89 bits per heavy atom. The zero-order valence-corrected chi connectivity index (χ0v) is 22.0. The third kappa shape index (κ3) is 5.41. The molecule has 2 aromatic heterocycles. The van der Waals surface area contributed by atoms with Crippen LogP contribution in [0.3, 0.4) is 0 Å². The lowest BCUT2D eigenvalue weighted by Gasteiger charge is -2.41. The summed E-state index contributed by atoms with van der Waals surface area (Å²) in [4.78, 5) is 19.5. The van der Waals surface area contributed by atoms with E-state index in [0.29, 0.717) is 36.0 Å². The number of piperazine rings is 1. The summed E-state index contributed by atoms with van der Waals surface area (Å²) in [7, 11) is 0. The van der Waals surface area contributed by atoms with Crippen molar-refractivity contribution in [3.05, 3.63) is 59.5 Å². The second-order valence-electron chi connectivity index (χ2n) is 11.1. The lowest BCUT2D eigenvalue weighted by atomic mass is 9.69. The third-order valence-electron chi connectivity index (χ3n) is 8.32. The van der Waals surface area contributed by atoms with Gasteiger partial charge in [0.2, 0.25) is 17.7 Å². The van der Waals surface area contributed by atoms with Gasteiger partial charge in [-0.3, -0.25) is 9.69 Å². The maximum absolute atomic E-state index is 11.7. The van der Waals surface area contributed by atoms with E-state index in [-0.39, 0.29) is 5.91 Å². The summed E-state index contributed by atoms with van der Waals surface area (Å²) >= 11 is 0. The first-order valence-corrected chi connectivity index (χ1v) is 13.4. The van der Waals surface area contributed by atoms with Crippen LogP contribution in [0.2, 0.25) is 0 Å². The molecule has 0 unspecified atom stereocenters. The van der Waals surface area contributed by atoms with Gasteiger partial charge in [-0.1, -0.05) is 43.7 Å². The number of aromatic nitrogens is 3. The highest BCUT2D eigenvalue weighted by atomic mass is 16.4. The van der Waals surface area contributed by atoms with Gasteiger partial charge in [0, 0.05) is 63.2 Å². The van der Waals surface area contributed by atoms with Gasteiger partial charge < -0.3 is 14.3 Å². The number of benzene rings is 1. The van der Waals surface area contributed by atoms with E-state index in [9.17, 15) is 4.79 Å². The van der Waals surface area contributed by atoms with Gasteiger partial charge in [0.25, 0.3) is 0 Å². The highest BCUT2D eigenvalue weighted by molar-refractivity contribution is 5.83. The molecule has 1 N–H and O–H groups in total. The molecule has 3 heterocycles. The normalized spacial score (nSPS) is 23.4. The van der Waals surface area contributed by atoms with Gasteiger partial charge in [-0.2, -0.15) is 0 Å². The monoisotopic (exact) mass is 489 g/mol. The fraction of sp³-hybridized carbons (Fsp3) is 0.552. The predicted octanol–water partition coefficient (Wildman–Crippen LogP) is 4.70. The summed E-state index contributed by atoms with van der Waals surface area (Å²) < 4.78 is 6.13. The Bertz CT molecular complexity index is 1220. The van der Waals surface area contributed by atoms with E-state index in [1.807, 2.05) is 17.2 Å². The van der Waals surface area contributed by atoms with Crippen LogP contribution in [0.15, 0.2) is 46.5 Å². The van der Waals surface area contributed by atoms with E-state index in [4.69, 9.17) is 4.42 Å². The average Bonchev–Trinajstić information content (AvgIpc) is 3.48. The zero-order chi connectivity index (χ0) is 25.2. The Labute approximate surface area is 213 Å². The van der Waals surface area contributed by atoms with Gasteiger partial charge in [-0.25, -0.2) is 0 Å². The van der Waals surface area contributed by atoms with E-state index in [2.05, 4.69) is 65.1 Å². The van der Waals surface area contributed by atoms with Gasteiger partial charge in [-0.15, -0.1) is 10.2 Å². The number of allylic oxidation sites excluding steroid dienone is 1. The summed E-state index contributed by atoms with van der Waals surface area (Å²) in [5, 5.41) is 9.99. The van der Waals surface area contributed by atoms with Crippen LogP contribution in [0.1, 0.15) is 51.5 Å². The molecule has 1 saturated heterocycles. The summed E-state index contributed by atoms with van der Waals surface area (Å²) in [6.07, 6.45) is 7.15. The molecule has 1 aromatic carbocycles. The number of fused-ring (bicyclic) bond motifs is 1. The van der Waals surface area contributed by atoms with Crippen molar-refractivity contribution in [1.82, 2.24) is 25.0 Å². The van der Waals surface area contributed by atoms with Crippen molar-refractivity contribution >= 4 is 16.8 Å². The molecule has 1 aliphatic carbocycles. The number of aromatic amines is 1. The Hall–Kier alpha value is -2.93. The van der Waals surface area contributed by atoms with Crippen molar-refractivity contribution < 1.29 is 9.21 Å². The maximum atomic E-state index is 11.7. The minimum Gasteiger partial charge on any atom is -0.425 e. The van der Waals surface area contributed by atoms with Gasteiger partial charge in [-0.05, 0) is 48.6 Å². The molecule has 5 rings (SSSR count). The molecule has 7 nitrogen and oxygen atoms in total. The van der Waals surface area contributed by atoms with E-state index < -0.39 is 0 Å². The van der Waals surface area contributed by atoms with Crippen molar-refractivity contribution in [2.75, 3.05) is 32.7 Å².